The third kappa shape index (κ3) is 2.92. The van der Waals surface area contributed by atoms with Crippen molar-refractivity contribution in [2.75, 3.05) is 19.8 Å². The molecule has 2 aliphatic heterocycles. The van der Waals surface area contributed by atoms with Gasteiger partial charge in [0, 0.05) is 24.3 Å². The molecule has 2 aromatic carbocycles. The molecule has 2 aromatic rings. The molecule has 0 spiro atoms. The zero-order valence-electron chi connectivity index (χ0n) is 14.6. The van der Waals surface area contributed by atoms with E-state index in [9.17, 15) is 25.3 Å². The number of rotatable bonds is 5. The Morgan fingerprint density at radius 1 is 0.893 bits per heavy atom. The lowest BCUT2D eigenvalue weighted by Crippen LogP contribution is -2.47. The molecular formula is C18H17N3O7. The van der Waals surface area contributed by atoms with Gasteiger partial charge in [0.1, 0.15) is 12.5 Å². The van der Waals surface area contributed by atoms with Crippen LogP contribution in [0.15, 0.2) is 48.5 Å². The summed E-state index contributed by atoms with van der Waals surface area (Å²) in [5.74, 6) is 0. The van der Waals surface area contributed by atoms with Crippen LogP contribution in [0.4, 0.5) is 11.4 Å². The van der Waals surface area contributed by atoms with Gasteiger partial charge in [-0.3, -0.25) is 20.2 Å². The highest BCUT2D eigenvalue weighted by molar-refractivity contribution is 5.36. The fourth-order valence-corrected chi connectivity index (χ4v) is 3.65. The summed E-state index contributed by atoms with van der Waals surface area (Å²) >= 11 is 0. The summed E-state index contributed by atoms with van der Waals surface area (Å²) in [4.78, 5) is 22.7. The van der Waals surface area contributed by atoms with Crippen molar-refractivity contribution in [3.63, 3.8) is 0 Å². The number of aliphatic hydroxyl groups is 1. The molecule has 2 saturated heterocycles. The minimum Gasteiger partial charge on any atom is -0.394 e. The molecule has 2 fully saturated rings. The van der Waals surface area contributed by atoms with Crippen molar-refractivity contribution in [3.8, 4) is 0 Å². The first-order valence-corrected chi connectivity index (χ1v) is 8.56. The maximum absolute atomic E-state index is 10.9. The van der Waals surface area contributed by atoms with Crippen LogP contribution in [0.3, 0.4) is 0 Å². The SMILES string of the molecule is O=[N+]([O-])c1ccc([C@@H]2OCC3(CO)CO[C@@H](c4ccc([N+](=O)[O-])cc4)N23)cc1. The molecule has 10 heteroatoms. The van der Waals surface area contributed by atoms with Gasteiger partial charge in [-0.2, -0.15) is 0 Å². The molecule has 0 unspecified atom stereocenters. The molecule has 0 radical (unpaired) electrons. The van der Waals surface area contributed by atoms with Crippen LogP contribution in [-0.2, 0) is 9.47 Å². The number of benzene rings is 2. The largest absolute Gasteiger partial charge is 0.394 e. The standard InChI is InChI=1S/C18H17N3O7/c22-9-18-10-27-16(12-1-5-14(6-2-12)20(23)24)19(18)17(28-11-18)13-3-7-15(8-4-13)21(25)26/h1-8,16-17,22H,9-11H2/t16-,17-/m0/s1. The van der Waals surface area contributed by atoms with Crippen molar-refractivity contribution in [1.29, 1.82) is 0 Å². The molecule has 0 amide bonds. The van der Waals surface area contributed by atoms with E-state index in [1.54, 1.807) is 24.3 Å². The van der Waals surface area contributed by atoms with E-state index in [0.717, 1.165) is 0 Å². The Bertz CT molecular complexity index is 831. The number of hydrogen-bond acceptors (Lipinski definition) is 8. The Balaban J connectivity index is 1.67. The van der Waals surface area contributed by atoms with Gasteiger partial charge in [0.2, 0.25) is 0 Å². The molecule has 2 heterocycles. The number of ether oxygens (including phenoxy) is 2. The molecule has 4 rings (SSSR count). The van der Waals surface area contributed by atoms with Gasteiger partial charge in [-0.1, -0.05) is 0 Å². The normalized spacial score (nSPS) is 23.5. The molecule has 0 aromatic heterocycles. The zero-order chi connectivity index (χ0) is 19.9. The quantitative estimate of drug-likeness (QED) is 0.611. The fraction of sp³-hybridized carbons (Fsp3) is 0.333. The lowest BCUT2D eigenvalue weighted by Gasteiger charge is -2.32. The van der Waals surface area contributed by atoms with Crippen molar-refractivity contribution >= 4 is 11.4 Å². The Kier molecular flexibility index (Phi) is 4.55. The van der Waals surface area contributed by atoms with Gasteiger partial charge in [0.15, 0.2) is 0 Å². The van der Waals surface area contributed by atoms with E-state index in [1.807, 2.05) is 4.90 Å². The topological polar surface area (TPSA) is 128 Å². The molecule has 0 bridgehead atoms. The Morgan fingerprint density at radius 2 is 1.29 bits per heavy atom. The van der Waals surface area contributed by atoms with Gasteiger partial charge in [-0.15, -0.1) is 0 Å². The maximum atomic E-state index is 10.9. The first-order valence-electron chi connectivity index (χ1n) is 8.56. The number of non-ortho nitro benzene ring substituents is 2. The van der Waals surface area contributed by atoms with E-state index in [-0.39, 0.29) is 31.2 Å². The van der Waals surface area contributed by atoms with Crippen LogP contribution in [0.25, 0.3) is 0 Å². The van der Waals surface area contributed by atoms with Gasteiger partial charge in [0.25, 0.3) is 11.4 Å². The number of hydrogen-bond donors (Lipinski definition) is 1. The smallest absolute Gasteiger partial charge is 0.269 e. The van der Waals surface area contributed by atoms with E-state index in [4.69, 9.17) is 9.47 Å². The minimum atomic E-state index is -0.751. The minimum absolute atomic E-state index is 0.0280. The highest BCUT2D eigenvalue weighted by atomic mass is 16.6. The second-order valence-electron chi connectivity index (χ2n) is 6.81. The molecule has 146 valence electrons. The summed E-state index contributed by atoms with van der Waals surface area (Å²) in [5.41, 5.74) is 0.579. The number of nitro benzene ring substituents is 2. The fourth-order valence-electron chi connectivity index (χ4n) is 3.65. The van der Waals surface area contributed by atoms with Crippen LogP contribution in [-0.4, -0.2) is 45.2 Å². The third-order valence-corrected chi connectivity index (χ3v) is 5.15. The highest BCUT2D eigenvalue weighted by Crippen LogP contribution is 2.49. The predicted molar refractivity (Wildman–Crippen MR) is 95.2 cm³/mol. The Morgan fingerprint density at radius 3 is 1.61 bits per heavy atom. The van der Waals surface area contributed by atoms with E-state index in [0.29, 0.717) is 11.1 Å². The summed E-state index contributed by atoms with van der Waals surface area (Å²) in [6, 6.07) is 12.0. The molecular weight excluding hydrogens is 370 g/mol. The predicted octanol–water partition coefficient (Wildman–Crippen LogP) is 2.29. The molecule has 2 atom stereocenters. The van der Waals surface area contributed by atoms with Crippen molar-refractivity contribution in [3.05, 3.63) is 79.9 Å². The summed E-state index contributed by atoms with van der Waals surface area (Å²) in [6.45, 7) is 0.267. The van der Waals surface area contributed by atoms with Crippen molar-refractivity contribution in [2.45, 2.75) is 18.0 Å². The molecule has 2 aliphatic rings. The van der Waals surface area contributed by atoms with Crippen LogP contribution >= 0.6 is 0 Å². The first kappa shape index (κ1) is 18.4. The zero-order valence-corrected chi connectivity index (χ0v) is 14.6. The monoisotopic (exact) mass is 387 g/mol. The number of aliphatic hydroxyl groups excluding tert-OH is 1. The van der Waals surface area contributed by atoms with E-state index in [1.165, 1.54) is 24.3 Å². The molecule has 0 aliphatic carbocycles. The van der Waals surface area contributed by atoms with Crippen LogP contribution in [0.5, 0.6) is 0 Å². The lowest BCUT2D eigenvalue weighted by atomic mass is 10.0. The highest BCUT2D eigenvalue weighted by Gasteiger charge is 2.56. The molecule has 1 N–H and O–H groups in total. The second-order valence-corrected chi connectivity index (χ2v) is 6.81. The number of fused-ring (bicyclic) bond motifs is 1. The van der Waals surface area contributed by atoms with Gasteiger partial charge < -0.3 is 14.6 Å². The Hall–Kier alpha value is -2.92. The van der Waals surface area contributed by atoms with Gasteiger partial charge >= 0.3 is 0 Å². The van der Waals surface area contributed by atoms with Crippen LogP contribution < -0.4 is 0 Å². The average molecular weight is 387 g/mol. The van der Waals surface area contributed by atoms with Gasteiger partial charge in [0.05, 0.1) is 35.2 Å². The second kappa shape index (κ2) is 6.91. The number of nitro groups is 2. The van der Waals surface area contributed by atoms with Crippen molar-refractivity contribution < 1.29 is 24.4 Å². The summed E-state index contributed by atoms with van der Waals surface area (Å²) < 4.78 is 11.8. The van der Waals surface area contributed by atoms with Gasteiger partial charge in [-0.05, 0) is 35.4 Å². The third-order valence-electron chi connectivity index (χ3n) is 5.15. The first-order chi connectivity index (χ1) is 13.4. The molecule has 28 heavy (non-hydrogen) atoms. The summed E-state index contributed by atoms with van der Waals surface area (Å²) in [7, 11) is 0. The number of nitrogens with zero attached hydrogens (tertiary/aromatic N) is 3. The van der Waals surface area contributed by atoms with Crippen molar-refractivity contribution in [2.24, 2.45) is 0 Å². The molecule has 10 nitrogen and oxygen atoms in total. The van der Waals surface area contributed by atoms with Crippen LogP contribution in [0.1, 0.15) is 23.6 Å². The van der Waals surface area contributed by atoms with Crippen molar-refractivity contribution in [1.82, 2.24) is 4.90 Å². The molecule has 0 saturated carbocycles. The lowest BCUT2D eigenvalue weighted by molar-refractivity contribution is -0.385. The average Bonchev–Trinajstić information content (AvgIpc) is 3.26. The van der Waals surface area contributed by atoms with Gasteiger partial charge in [-0.25, -0.2) is 4.90 Å². The van der Waals surface area contributed by atoms with E-state index in [2.05, 4.69) is 0 Å². The van der Waals surface area contributed by atoms with Crippen LogP contribution in [0, 0.1) is 20.2 Å². The summed E-state index contributed by atoms with van der Waals surface area (Å²) in [5, 5.41) is 31.8. The maximum Gasteiger partial charge on any atom is 0.269 e. The van der Waals surface area contributed by atoms with E-state index < -0.39 is 27.8 Å². The van der Waals surface area contributed by atoms with E-state index >= 15 is 0 Å². The van der Waals surface area contributed by atoms with Crippen LogP contribution in [0.2, 0.25) is 0 Å². The summed E-state index contributed by atoms with van der Waals surface area (Å²) in [6.07, 6.45) is -1.15. The Labute approximate surface area is 159 Å².